The van der Waals surface area contributed by atoms with E-state index in [0.717, 1.165) is 30.0 Å². The Labute approximate surface area is 219 Å². The normalized spacial score (nSPS) is 11.9. The molecule has 0 bridgehead atoms. The van der Waals surface area contributed by atoms with Crippen molar-refractivity contribution in [3.05, 3.63) is 66.0 Å². The van der Waals surface area contributed by atoms with Crippen LogP contribution >= 0.6 is 0 Å². The molecular weight excluding hydrogens is 417 g/mol. The van der Waals surface area contributed by atoms with Crippen molar-refractivity contribution >= 4 is 22.5 Å². The van der Waals surface area contributed by atoms with E-state index in [9.17, 15) is 9.59 Å². The van der Waals surface area contributed by atoms with Crippen LogP contribution in [0.3, 0.4) is 0 Å². The number of benzene rings is 2. The molecule has 2 rings (SSSR count). The smallest absolute Gasteiger partial charge is 0.658 e. The maximum absolute atomic E-state index is 12.4. The van der Waals surface area contributed by atoms with Gasteiger partial charge >= 0.3 is 24.8 Å². The fraction of sp³-hybridized carbons (Fsp3) is 0.517. The zero-order chi connectivity index (χ0) is 25.0. The molecule has 0 aromatic heterocycles. The molecule has 0 aliphatic carbocycles. The molecule has 0 saturated carbocycles. The van der Waals surface area contributed by atoms with E-state index < -0.39 is 11.6 Å². The van der Waals surface area contributed by atoms with Gasteiger partial charge in [0.25, 0.3) is 0 Å². The van der Waals surface area contributed by atoms with Crippen molar-refractivity contribution in [1.29, 1.82) is 0 Å². The van der Waals surface area contributed by atoms with E-state index in [4.69, 9.17) is 4.74 Å². The first kappa shape index (κ1) is 32.1. The van der Waals surface area contributed by atoms with E-state index in [1.165, 1.54) is 0 Å². The van der Waals surface area contributed by atoms with E-state index >= 15 is 0 Å². The number of hydrogen-bond acceptors (Lipinski definition) is 3. The van der Waals surface area contributed by atoms with Crippen LogP contribution in [0.25, 0.3) is 16.1 Å². The van der Waals surface area contributed by atoms with E-state index in [1.807, 2.05) is 56.3 Å². The molecule has 1 atom stereocenters. The molecule has 0 fully saturated rings. The van der Waals surface area contributed by atoms with E-state index in [0.29, 0.717) is 23.6 Å². The van der Waals surface area contributed by atoms with E-state index in [1.54, 1.807) is 6.07 Å². The van der Waals surface area contributed by atoms with Crippen molar-refractivity contribution < 1.29 is 33.2 Å². The Morgan fingerprint density at radius 1 is 1.00 bits per heavy atom. The Morgan fingerprint density at radius 3 is 2.12 bits per heavy atom. The van der Waals surface area contributed by atoms with Gasteiger partial charge in [-0.05, 0) is 55.9 Å². The summed E-state index contributed by atoms with van der Waals surface area (Å²) in [6, 6.07) is 14.3. The van der Waals surface area contributed by atoms with Gasteiger partial charge in [-0.15, -0.1) is 18.7 Å². The third-order valence-electron chi connectivity index (χ3n) is 5.20. The van der Waals surface area contributed by atoms with Crippen LogP contribution in [0.1, 0.15) is 84.5 Å². The fourth-order valence-corrected chi connectivity index (χ4v) is 3.56. The van der Waals surface area contributed by atoms with Crippen LogP contribution in [0, 0.1) is 5.92 Å². The van der Waals surface area contributed by atoms with Crippen molar-refractivity contribution in [3.8, 4) is 0 Å². The van der Waals surface area contributed by atoms with Gasteiger partial charge in [0.05, 0.1) is 0 Å². The van der Waals surface area contributed by atoms with Crippen LogP contribution in [-0.4, -0.2) is 29.4 Å². The first-order valence-corrected chi connectivity index (χ1v) is 12.0. The number of ether oxygens (including phenoxy) is 1. The number of carbonyl (C=O) groups is 2. The molecule has 0 N–H and O–H groups in total. The summed E-state index contributed by atoms with van der Waals surface area (Å²) >= 11 is 0. The van der Waals surface area contributed by atoms with E-state index in [2.05, 4.69) is 46.5 Å². The van der Waals surface area contributed by atoms with Gasteiger partial charge in [-0.25, -0.2) is 0 Å². The Kier molecular flexibility index (Phi) is 15.1. The van der Waals surface area contributed by atoms with Gasteiger partial charge in [0, 0.05) is 5.56 Å². The fourth-order valence-electron chi connectivity index (χ4n) is 3.56. The van der Waals surface area contributed by atoms with Crippen molar-refractivity contribution in [3.63, 3.8) is 0 Å². The number of allylic oxidation sites excluding steroid dienone is 1. The van der Waals surface area contributed by atoms with Gasteiger partial charge in [-0.3, -0.25) is 9.59 Å². The third-order valence-corrected chi connectivity index (χ3v) is 5.20. The van der Waals surface area contributed by atoms with Gasteiger partial charge in [-0.1, -0.05) is 77.1 Å². The van der Waals surface area contributed by atoms with Crippen LogP contribution in [0.2, 0.25) is 0 Å². The standard InChI is InChI=1S/C23H28O3.C6H14N.Li/c1-5-17(2)9-8-14-23(3,4)26-22(25)16-21(24)20-13-12-18-10-6-7-11-19(18)15-20;1-5(2)7-6(3)4;/h5-7,10-13,15,17H,1,8-9,14,16H2,2-4H3;5-6H,1-4H3;/q;-1;+1. The zero-order valence-electron chi connectivity index (χ0n) is 22.6. The van der Waals surface area contributed by atoms with Crippen molar-refractivity contribution in [2.45, 2.75) is 91.8 Å². The third kappa shape index (κ3) is 13.1. The van der Waals surface area contributed by atoms with Crippen molar-refractivity contribution in [2.24, 2.45) is 5.92 Å². The number of carbonyl (C=O) groups excluding carboxylic acids is 2. The first-order chi connectivity index (χ1) is 15.4. The molecule has 34 heavy (non-hydrogen) atoms. The number of rotatable bonds is 11. The molecule has 0 aliphatic heterocycles. The summed E-state index contributed by atoms with van der Waals surface area (Å²) in [4.78, 5) is 24.6. The number of nitrogens with zero attached hydrogens (tertiary/aromatic N) is 1. The minimum atomic E-state index is -0.568. The van der Waals surface area contributed by atoms with Crippen molar-refractivity contribution in [2.75, 3.05) is 0 Å². The van der Waals surface area contributed by atoms with Gasteiger partial charge in [0.15, 0.2) is 5.78 Å². The van der Waals surface area contributed by atoms with Crippen LogP contribution < -0.4 is 18.9 Å². The Balaban J connectivity index is 0.00000119. The minimum absolute atomic E-state index is 0. The average molecular weight is 460 g/mol. The largest absolute Gasteiger partial charge is 1.00 e. The molecule has 2 aromatic rings. The number of ketones is 1. The molecule has 0 amide bonds. The quantitative estimate of drug-likeness (QED) is 0.158. The second-order valence-electron chi connectivity index (χ2n) is 9.84. The molecular formula is C29H42LiNO3. The molecule has 0 aliphatic rings. The second-order valence-corrected chi connectivity index (χ2v) is 9.84. The molecule has 0 heterocycles. The van der Waals surface area contributed by atoms with Gasteiger partial charge in [0.1, 0.15) is 12.0 Å². The number of esters is 1. The maximum atomic E-state index is 12.4. The Bertz CT molecular complexity index is 899. The summed E-state index contributed by atoms with van der Waals surface area (Å²) in [6.07, 6.45) is 4.43. The zero-order valence-corrected chi connectivity index (χ0v) is 22.6. The molecule has 0 spiro atoms. The summed E-state index contributed by atoms with van der Waals surface area (Å²) in [6.45, 7) is 18.1. The minimum Gasteiger partial charge on any atom is -0.658 e. The molecule has 2 aromatic carbocycles. The van der Waals surface area contributed by atoms with Crippen LogP contribution in [0.4, 0.5) is 0 Å². The van der Waals surface area contributed by atoms with Gasteiger partial charge < -0.3 is 10.1 Å². The van der Waals surface area contributed by atoms with E-state index in [-0.39, 0.29) is 31.1 Å². The number of hydrogen-bond donors (Lipinski definition) is 0. The topological polar surface area (TPSA) is 57.5 Å². The molecule has 1 unspecified atom stereocenters. The summed E-state index contributed by atoms with van der Waals surface area (Å²) in [5.41, 5.74) is -0.0278. The monoisotopic (exact) mass is 459 g/mol. The number of fused-ring (bicyclic) bond motifs is 1. The molecule has 4 nitrogen and oxygen atoms in total. The summed E-state index contributed by atoms with van der Waals surface area (Å²) in [7, 11) is 0. The SMILES string of the molecule is C=CC(C)CCCC(C)(C)OC(=O)CC(=O)c1ccc2ccccc2c1.CC(C)[N-]C(C)C.[Li+]. The van der Waals surface area contributed by atoms with Crippen LogP contribution in [0.5, 0.6) is 0 Å². The molecule has 0 saturated heterocycles. The van der Waals surface area contributed by atoms with Crippen LogP contribution in [-0.2, 0) is 9.53 Å². The van der Waals surface area contributed by atoms with Crippen molar-refractivity contribution in [1.82, 2.24) is 0 Å². The number of Topliss-reactive ketones (excluding diaryl/α,β-unsaturated/α-hetero) is 1. The average Bonchev–Trinajstić information content (AvgIpc) is 2.71. The van der Waals surface area contributed by atoms with Gasteiger partial charge in [0.2, 0.25) is 0 Å². The van der Waals surface area contributed by atoms with Gasteiger partial charge in [-0.2, -0.15) is 0 Å². The van der Waals surface area contributed by atoms with Crippen LogP contribution in [0.15, 0.2) is 55.1 Å². The molecule has 5 heteroatoms. The summed E-state index contributed by atoms with van der Waals surface area (Å²) in [5.74, 6) is -0.224. The second kappa shape index (κ2) is 15.9. The predicted octanol–water partition coefficient (Wildman–Crippen LogP) is 4.91. The molecule has 182 valence electrons. The Hall–Kier alpha value is -1.86. The Morgan fingerprint density at radius 2 is 1.59 bits per heavy atom. The summed E-state index contributed by atoms with van der Waals surface area (Å²) in [5, 5.41) is 6.34. The predicted molar refractivity (Wildman–Crippen MR) is 140 cm³/mol. The first-order valence-electron chi connectivity index (χ1n) is 12.0. The maximum Gasteiger partial charge on any atom is 1.00 e. The molecule has 0 radical (unpaired) electrons. The summed E-state index contributed by atoms with van der Waals surface area (Å²) < 4.78 is 5.55.